The zero-order valence-electron chi connectivity index (χ0n) is 15.4. The number of nitrogens with one attached hydrogen (secondary N) is 3. The number of H-pyrrole nitrogens is 1. The van der Waals surface area contributed by atoms with Crippen molar-refractivity contribution in [3.05, 3.63) is 101 Å². The van der Waals surface area contributed by atoms with Crippen LogP contribution in [-0.2, 0) is 6.54 Å². The summed E-state index contributed by atoms with van der Waals surface area (Å²) in [7, 11) is 0. The molecule has 4 rings (SSSR count). The number of carbonyl (C=O) groups is 2. The summed E-state index contributed by atoms with van der Waals surface area (Å²) in [5.41, 5.74) is 2.97. The van der Waals surface area contributed by atoms with Gasteiger partial charge in [0.1, 0.15) is 5.69 Å². The molecule has 5 nitrogen and oxygen atoms in total. The largest absolute Gasteiger partial charge is 0.349 e. The van der Waals surface area contributed by atoms with Gasteiger partial charge in [0.05, 0.1) is 5.69 Å². The third-order valence-electron chi connectivity index (χ3n) is 4.57. The Morgan fingerprint density at radius 2 is 1.52 bits per heavy atom. The minimum absolute atomic E-state index is 0.295. The standard InChI is InChI=1S/C23H18ClN3O2/c24-17-12-10-16(11-13-17)22(28)27-20-18-8-4-5-9-19(18)26-21(20)23(29)25-14-15-6-2-1-3-7-15/h1-13,26H,14H2,(H,25,29)(H,27,28). The van der Waals surface area contributed by atoms with Crippen molar-refractivity contribution in [3.8, 4) is 0 Å². The molecule has 29 heavy (non-hydrogen) atoms. The number of fused-ring (bicyclic) bond motifs is 1. The van der Waals surface area contributed by atoms with Crippen LogP contribution in [0, 0.1) is 0 Å². The first kappa shape index (κ1) is 18.8. The lowest BCUT2D eigenvalue weighted by Gasteiger charge is -2.09. The van der Waals surface area contributed by atoms with Crippen LogP contribution >= 0.6 is 11.6 Å². The maximum atomic E-state index is 12.9. The molecule has 0 aliphatic rings. The Morgan fingerprint density at radius 1 is 0.828 bits per heavy atom. The van der Waals surface area contributed by atoms with Gasteiger partial charge in [-0.25, -0.2) is 0 Å². The molecule has 0 aliphatic heterocycles. The Kier molecular flexibility index (Phi) is 5.31. The lowest BCUT2D eigenvalue weighted by Crippen LogP contribution is -2.25. The molecule has 6 heteroatoms. The molecule has 0 atom stereocenters. The SMILES string of the molecule is O=C(Nc1c(C(=O)NCc2ccccc2)[nH]c2ccccc12)c1ccc(Cl)cc1. The number of amides is 2. The molecule has 0 saturated heterocycles. The van der Waals surface area contributed by atoms with E-state index < -0.39 is 0 Å². The summed E-state index contributed by atoms with van der Waals surface area (Å²) >= 11 is 5.90. The summed E-state index contributed by atoms with van der Waals surface area (Å²) in [6.07, 6.45) is 0. The van der Waals surface area contributed by atoms with E-state index in [9.17, 15) is 9.59 Å². The lowest BCUT2D eigenvalue weighted by atomic mass is 10.1. The number of halogens is 1. The van der Waals surface area contributed by atoms with Crippen LogP contribution in [0.1, 0.15) is 26.4 Å². The van der Waals surface area contributed by atoms with Gasteiger partial charge in [0.2, 0.25) is 0 Å². The Bertz CT molecular complexity index is 1170. The first-order valence-corrected chi connectivity index (χ1v) is 9.49. The highest BCUT2D eigenvalue weighted by atomic mass is 35.5. The van der Waals surface area contributed by atoms with Crippen molar-refractivity contribution in [2.45, 2.75) is 6.54 Å². The van der Waals surface area contributed by atoms with Crippen LogP contribution in [0.2, 0.25) is 5.02 Å². The van der Waals surface area contributed by atoms with Crippen LogP contribution in [0.15, 0.2) is 78.9 Å². The van der Waals surface area contributed by atoms with Gasteiger partial charge in [-0.3, -0.25) is 9.59 Å². The Hall–Kier alpha value is -3.57. The highest BCUT2D eigenvalue weighted by Gasteiger charge is 2.20. The van der Waals surface area contributed by atoms with Gasteiger partial charge in [0, 0.05) is 28.0 Å². The molecule has 0 saturated carbocycles. The van der Waals surface area contributed by atoms with Crippen molar-refractivity contribution in [2.24, 2.45) is 0 Å². The van der Waals surface area contributed by atoms with Crippen molar-refractivity contribution in [1.82, 2.24) is 10.3 Å². The maximum absolute atomic E-state index is 12.9. The number of carbonyl (C=O) groups excluding carboxylic acids is 2. The molecule has 0 fully saturated rings. The molecule has 0 unspecified atom stereocenters. The van der Waals surface area contributed by atoms with Crippen LogP contribution in [0.3, 0.4) is 0 Å². The van der Waals surface area contributed by atoms with Crippen molar-refractivity contribution < 1.29 is 9.59 Å². The zero-order valence-corrected chi connectivity index (χ0v) is 16.2. The molecule has 0 spiro atoms. The highest BCUT2D eigenvalue weighted by molar-refractivity contribution is 6.30. The summed E-state index contributed by atoms with van der Waals surface area (Å²) in [4.78, 5) is 28.7. The Balaban J connectivity index is 1.62. The van der Waals surface area contributed by atoms with Crippen molar-refractivity contribution in [1.29, 1.82) is 0 Å². The number of hydrogen-bond donors (Lipinski definition) is 3. The third-order valence-corrected chi connectivity index (χ3v) is 4.83. The lowest BCUT2D eigenvalue weighted by molar-refractivity contribution is 0.0947. The second kappa shape index (κ2) is 8.20. The molecule has 4 aromatic rings. The van der Waals surface area contributed by atoms with Gasteiger partial charge in [0.25, 0.3) is 11.8 Å². The van der Waals surface area contributed by atoms with Crippen molar-refractivity contribution in [2.75, 3.05) is 5.32 Å². The minimum atomic E-state index is -0.316. The maximum Gasteiger partial charge on any atom is 0.270 e. The van der Waals surface area contributed by atoms with E-state index in [0.29, 0.717) is 28.5 Å². The summed E-state index contributed by atoms with van der Waals surface area (Å²) in [6.45, 7) is 0.389. The van der Waals surface area contributed by atoms with Crippen LogP contribution in [0.25, 0.3) is 10.9 Å². The van der Waals surface area contributed by atoms with Crippen LogP contribution in [-0.4, -0.2) is 16.8 Å². The van der Waals surface area contributed by atoms with Crippen LogP contribution in [0.4, 0.5) is 5.69 Å². The third kappa shape index (κ3) is 4.15. The number of aromatic amines is 1. The molecule has 3 aromatic carbocycles. The van der Waals surface area contributed by atoms with Crippen molar-refractivity contribution >= 4 is 40.0 Å². The molecule has 0 aliphatic carbocycles. The number of hydrogen-bond acceptors (Lipinski definition) is 2. The fraction of sp³-hybridized carbons (Fsp3) is 0.0435. The quantitative estimate of drug-likeness (QED) is 0.438. The van der Waals surface area contributed by atoms with E-state index in [1.165, 1.54) is 0 Å². The molecule has 3 N–H and O–H groups in total. The van der Waals surface area contributed by atoms with E-state index in [0.717, 1.165) is 16.5 Å². The topological polar surface area (TPSA) is 74.0 Å². The number of aromatic nitrogens is 1. The average molecular weight is 404 g/mol. The predicted octanol–water partition coefficient (Wildman–Crippen LogP) is 5.00. The highest BCUT2D eigenvalue weighted by Crippen LogP contribution is 2.28. The smallest absolute Gasteiger partial charge is 0.270 e. The number of rotatable bonds is 5. The van der Waals surface area contributed by atoms with Gasteiger partial charge in [-0.2, -0.15) is 0 Å². The summed E-state index contributed by atoms with van der Waals surface area (Å²) < 4.78 is 0. The molecule has 1 heterocycles. The first-order chi connectivity index (χ1) is 14.1. The molecule has 0 bridgehead atoms. The van der Waals surface area contributed by atoms with Gasteiger partial charge in [-0.15, -0.1) is 0 Å². The molecule has 144 valence electrons. The van der Waals surface area contributed by atoms with E-state index in [1.807, 2.05) is 54.6 Å². The second-order valence-corrected chi connectivity index (χ2v) is 6.99. The monoisotopic (exact) mass is 403 g/mol. The van der Waals surface area contributed by atoms with Crippen LogP contribution < -0.4 is 10.6 Å². The van der Waals surface area contributed by atoms with Crippen LogP contribution in [0.5, 0.6) is 0 Å². The fourth-order valence-corrected chi connectivity index (χ4v) is 3.22. The summed E-state index contributed by atoms with van der Waals surface area (Å²) in [5.74, 6) is -0.611. The predicted molar refractivity (Wildman–Crippen MR) is 115 cm³/mol. The molecular weight excluding hydrogens is 386 g/mol. The average Bonchev–Trinajstić information content (AvgIpc) is 3.12. The van der Waals surface area contributed by atoms with E-state index in [2.05, 4.69) is 15.6 Å². The normalized spacial score (nSPS) is 10.7. The molecular formula is C23H18ClN3O2. The second-order valence-electron chi connectivity index (χ2n) is 6.55. The van der Waals surface area contributed by atoms with E-state index in [1.54, 1.807) is 24.3 Å². The molecule has 0 radical (unpaired) electrons. The van der Waals surface area contributed by atoms with Gasteiger partial charge in [-0.1, -0.05) is 60.1 Å². The van der Waals surface area contributed by atoms with Crippen molar-refractivity contribution in [3.63, 3.8) is 0 Å². The molecule has 1 aromatic heterocycles. The van der Waals surface area contributed by atoms with E-state index in [4.69, 9.17) is 11.6 Å². The van der Waals surface area contributed by atoms with Gasteiger partial charge >= 0.3 is 0 Å². The Labute approximate surface area is 172 Å². The van der Waals surface area contributed by atoms with Gasteiger partial charge < -0.3 is 15.6 Å². The van der Waals surface area contributed by atoms with Gasteiger partial charge in [-0.05, 0) is 35.9 Å². The van der Waals surface area contributed by atoms with E-state index in [-0.39, 0.29) is 11.8 Å². The number of benzene rings is 3. The minimum Gasteiger partial charge on any atom is -0.349 e. The van der Waals surface area contributed by atoms with E-state index >= 15 is 0 Å². The Morgan fingerprint density at radius 3 is 2.28 bits per heavy atom. The number of para-hydroxylation sites is 1. The van der Waals surface area contributed by atoms with Gasteiger partial charge in [0.15, 0.2) is 0 Å². The summed E-state index contributed by atoms with van der Waals surface area (Å²) in [5, 5.41) is 7.09. The fourth-order valence-electron chi connectivity index (χ4n) is 3.10. The molecule has 2 amide bonds. The zero-order chi connectivity index (χ0) is 20.2. The first-order valence-electron chi connectivity index (χ1n) is 9.11. The summed E-state index contributed by atoms with van der Waals surface area (Å²) in [6, 6.07) is 23.7. The number of anilines is 1.